The van der Waals surface area contributed by atoms with Gasteiger partial charge in [0.25, 0.3) is 0 Å². The molecule has 3 heteroatoms. The number of rotatable bonds is 2. The van der Waals surface area contributed by atoms with Crippen LogP contribution in [0, 0.1) is 6.92 Å². The molecule has 0 fully saturated rings. The van der Waals surface area contributed by atoms with E-state index in [-0.39, 0.29) is 40.0 Å². The Morgan fingerprint density at radius 3 is 2.10 bits per heavy atom. The molecule has 10 heavy (non-hydrogen) atoms. The molecule has 0 amide bonds. The predicted molar refractivity (Wildman–Crippen MR) is 40.2 cm³/mol. The Balaban J connectivity index is 0. The van der Waals surface area contributed by atoms with Crippen molar-refractivity contribution in [3.05, 3.63) is 31.5 Å². The number of nitrogens with zero attached hydrogens (tertiary/aromatic N) is 1. The summed E-state index contributed by atoms with van der Waals surface area (Å²) >= 11 is 0. The van der Waals surface area contributed by atoms with Crippen molar-refractivity contribution in [3.8, 4) is 0 Å². The molecule has 0 saturated carbocycles. The zero-order valence-electron chi connectivity index (χ0n) is 5.96. The molecule has 0 radical (unpaired) electrons. The fourth-order valence-corrected chi connectivity index (χ4v) is 0.702. The van der Waals surface area contributed by atoms with Gasteiger partial charge in [-0.15, -0.1) is 0 Å². The zero-order valence-corrected chi connectivity index (χ0v) is 8.96. The topological polar surface area (TPSA) is 4.93 Å². The average molecular weight is 212 g/mol. The van der Waals surface area contributed by atoms with Gasteiger partial charge in [-0.2, -0.15) is 6.42 Å². The summed E-state index contributed by atoms with van der Waals surface area (Å²) in [6.07, 6.45) is 5.06. The Kier molecular flexibility index (Phi) is 10.0. The molecule has 0 saturated heterocycles. The molecule has 0 aliphatic carbocycles. The summed E-state index contributed by atoms with van der Waals surface area (Å²) in [4.78, 5) is 0. The molecular formula is C7H10BrMgN. The smallest absolute Gasteiger partial charge is 1.00 e. The predicted octanol–water partition coefficient (Wildman–Crippen LogP) is -1.66. The third-order valence-electron chi connectivity index (χ3n) is 1.08. The van der Waals surface area contributed by atoms with Gasteiger partial charge in [-0.05, 0) is 18.7 Å². The minimum absolute atomic E-state index is 0. The Morgan fingerprint density at radius 1 is 1.20 bits per heavy atom. The summed E-state index contributed by atoms with van der Waals surface area (Å²) in [7, 11) is 0. The van der Waals surface area contributed by atoms with Gasteiger partial charge in [-0.25, -0.2) is 0 Å². The monoisotopic (exact) mass is 211 g/mol. The molecule has 1 heterocycles. The fourth-order valence-electron chi connectivity index (χ4n) is 0.702. The van der Waals surface area contributed by atoms with E-state index in [0.29, 0.717) is 0 Å². The van der Waals surface area contributed by atoms with Crippen molar-refractivity contribution in [1.82, 2.24) is 4.57 Å². The Hall–Kier alpha value is 0.526. The van der Waals surface area contributed by atoms with E-state index in [0.717, 1.165) is 13.0 Å². The largest absolute Gasteiger partial charge is 2.00 e. The molecule has 0 atom stereocenters. The van der Waals surface area contributed by atoms with Crippen molar-refractivity contribution in [3.63, 3.8) is 0 Å². The van der Waals surface area contributed by atoms with E-state index in [1.807, 2.05) is 24.5 Å². The second-order valence-corrected chi connectivity index (χ2v) is 1.77. The van der Waals surface area contributed by atoms with Crippen molar-refractivity contribution in [2.45, 2.75) is 13.0 Å². The standard InChI is InChI=1S/C7H10N.BrH.Mg/c1-2-5-8-6-3-4-7-8;;/h3-4,6-7H,1-2,5H2;1H;/q-1;;+2/p-1. The Morgan fingerprint density at radius 2 is 1.70 bits per heavy atom. The molecule has 52 valence electrons. The van der Waals surface area contributed by atoms with Gasteiger partial charge in [0.15, 0.2) is 0 Å². The van der Waals surface area contributed by atoms with Gasteiger partial charge >= 0.3 is 23.1 Å². The van der Waals surface area contributed by atoms with E-state index in [9.17, 15) is 0 Å². The summed E-state index contributed by atoms with van der Waals surface area (Å²) in [5.74, 6) is 0. The van der Waals surface area contributed by atoms with Crippen LogP contribution in [0.25, 0.3) is 0 Å². The van der Waals surface area contributed by atoms with E-state index in [1.165, 1.54) is 0 Å². The fraction of sp³-hybridized carbons (Fsp3) is 0.286. The quantitative estimate of drug-likeness (QED) is 0.408. The van der Waals surface area contributed by atoms with Gasteiger partial charge in [-0.3, -0.25) is 0 Å². The molecule has 0 aliphatic heterocycles. The van der Waals surface area contributed by atoms with E-state index < -0.39 is 0 Å². The average Bonchev–Trinajstić information content (AvgIpc) is 2.19. The molecule has 1 rings (SSSR count). The molecular weight excluding hydrogens is 202 g/mol. The van der Waals surface area contributed by atoms with E-state index in [4.69, 9.17) is 0 Å². The molecule has 0 unspecified atom stereocenters. The van der Waals surface area contributed by atoms with Gasteiger partial charge < -0.3 is 28.5 Å². The van der Waals surface area contributed by atoms with Gasteiger partial charge in [0.05, 0.1) is 0 Å². The molecule has 1 aromatic heterocycles. The first-order valence-corrected chi connectivity index (χ1v) is 2.83. The number of hydrogen-bond donors (Lipinski definition) is 0. The maximum atomic E-state index is 3.74. The van der Waals surface area contributed by atoms with Crippen LogP contribution in [0.1, 0.15) is 6.42 Å². The summed E-state index contributed by atoms with van der Waals surface area (Å²) < 4.78 is 2.12. The van der Waals surface area contributed by atoms with Crippen molar-refractivity contribution in [2.75, 3.05) is 0 Å². The summed E-state index contributed by atoms with van der Waals surface area (Å²) in [6.45, 7) is 4.77. The minimum atomic E-state index is 0. The van der Waals surface area contributed by atoms with Crippen molar-refractivity contribution in [1.29, 1.82) is 0 Å². The van der Waals surface area contributed by atoms with Gasteiger partial charge in [0.1, 0.15) is 0 Å². The first kappa shape index (κ1) is 13.1. The number of aryl methyl sites for hydroxylation is 1. The van der Waals surface area contributed by atoms with Gasteiger partial charge in [0.2, 0.25) is 0 Å². The van der Waals surface area contributed by atoms with Crippen molar-refractivity contribution >= 4 is 23.1 Å². The third kappa shape index (κ3) is 4.36. The summed E-state index contributed by atoms with van der Waals surface area (Å²) in [5, 5.41) is 0. The Bertz CT molecular complexity index is 139. The number of halogens is 1. The maximum Gasteiger partial charge on any atom is 2.00 e. The van der Waals surface area contributed by atoms with E-state index in [1.54, 1.807) is 0 Å². The van der Waals surface area contributed by atoms with Gasteiger partial charge in [0, 0.05) is 12.4 Å². The van der Waals surface area contributed by atoms with Crippen molar-refractivity contribution in [2.24, 2.45) is 0 Å². The van der Waals surface area contributed by atoms with Crippen LogP contribution in [-0.4, -0.2) is 27.6 Å². The van der Waals surface area contributed by atoms with Crippen LogP contribution in [0.3, 0.4) is 0 Å². The van der Waals surface area contributed by atoms with Crippen LogP contribution >= 0.6 is 0 Å². The van der Waals surface area contributed by atoms with Crippen LogP contribution in [0.2, 0.25) is 0 Å². The first-order chi connectivity index (χ1) is 3.93. The third-order valence-corrected chi connectivity index (χ3v) is 1.08. The number of aromatic nitrogens is 1. The summed E-state index contributed by atoms with van der Waals surface area (Å²) in [6, 6.07) is 4.05. The van der Waals surface area contributed by atoms with E-state index in [2.05, 4.69) is 11.5 Å². The Labute approximate surface area is 88.7 Å². The van der Waals surface area contributed by atoms with Crippen LogP contribution < -0.4 is 17.0 Å². The minimum Gasteiger partial charge on any atom is -1.00 e. The zero-order chi connectivity index (χ0) is 5.82. The van der Waals surface area contributed by atoms with Crippen LogP contribution in [0.4, 0.5) is 0 Å². The van der Waals surface area contributed by atoms with E-state index >= 15 is 0 Å². The molecule has 0 bridgehead atoms. The molecule has 0 aromatic carbocycles. The first-order valence-electron chi connectivity index (χ1n) is 2.83. The molecule has 0 spiro atoms. The maximum absolute atomic E-state index is 3.74. The van der Waals surface area contributed by atoms with Crippen molar-refractivity contribution < 1.29 is 17.0 Å². The SMILES string of the molecule is [Br-].[CH2-]CCn1cccc1.[Mg+2]. The molecule has 1 aromatic rings. The molecule has 1 nitrogen and oxygen atoms in total. The van der Waals surface area contributed by atoms with Crippen LogP contribution in [-0.2, 0) is 6.54 Å². The van der Waals surface area contributed by atoms with Gasteiger partial charge in [-0.1, -0.05) is 0 Å². The van der Waals surface area contributed by atoms with Crippen LogP contribution in [0.15, 0.2) is 24.5 Å². The normalized spacial score (nSPS) is 7.70. The summed E-state index contributed by atoms with van der Waals surface area (Å²) in [5.41, 5.74) is 0. The van der Waals surface area contributed by atoms with Crippen LogP contribution in [0.5, 0.6) is 0 Å². The second kappa shape index (κ2) is 7.63. The molecule has 0 N–H and O–H groups in total. The number of hydrogen-bond acceptors (Lipinski definition) is 0. The second-order valence-electron chi connectivity index (χ2n) is 1.77. The molecule has 0 aliphatic rings.